The van der Waals surface area contributed by atoms with E-state index in [0.29, 0.717) is 47.3 Å². The molecule has 10 heteroatoms. The van der Waals surface area contributed by atoms with Crippen molar-refractivity contribution in [1.82, 2.24) is 14.6 Å². The van der Waals surface area contributed by atoms with E-state index in [2.05, 4.69) is 15.6 Å². The predicted molar refractivity (Wildman–Crippen MR) is 105 cm³/mol. The van der Waals surface area contributed by atoms with E-state index < -0.39 is 15.9 Å². The molecule has 0 spiro atoms. The lowest BCUT2D eigenvalue weighted by Crippen LogP contribution is -2.27. The number of anilines is 1. The van der Waals surface area contributed by atoms with Crippen molar-refractivity contribution >= 4 is 38.3 Å². The van der Waals surface area contributed by atoms with Crippen LogP contribution in [-0.2, 0) is 16.4 Å². The standard InChI is InChI=1S/C18H20N4O4S2/c23-16(21-18-20-14-4-3-9-19-17(24)15(14)27-18)12-5-7-13(8-6-12)28(25,26)22-10-1-2-11-22/h5-8H,1-4,9-11H2,(H,19,24)(H,20,21,23). The fourth-order valence-corrected chi connectivity index (χ4v) is 5.76. The smallest absolute Gasteiger partial charge is 0.263 e. The number of hydrogen-bond donors (Lipinski definition) is 2. The van der Waals surface area contributed by atoms with E-state index in [4.69, 9.17) is 0 Å². The van der Waals surface area contributed by atoms with Gasteiger partial charge in [0.2, 0.25) is 10.0 Å². The number of aromatic nitrogens is 1. The highest BCUT2D eigenvalue weighted by Crippen LogP contribution is 2.26. The first-order valence-electron chi connectivity index (χ1n) is 9.14. The molecule has 2 aliphatic rings. The second-order valence-electron chi connectivity index (χ2n) is 6.74. The fraction of sp³-hybridized carbons (Fsp3) is 0.389. The third-order valence-corrected chi connectivity index (χ3v) is 7.74. The van der Waals surface area contributed by atoms with Gasteiger partial charge in [-0.05, 0) is 49.9 Å². The average Bonchev–Trinajstić information content (AvgIpc) is 3.33. The number of rotatable bonds is 4. The third-order valence-electron chi connectivity index (χ3n) is 4.82. The molecule has 2 amide bonds. The van der Waals surface area contributed by atoms with Crippen LogP contribution in [0.15, 0.2) is 29.2 Å². The number of benzene rings is 1. The average molecular weight is 421 g/mol. The lowest BCUT2D eigenvalue weighted by Gasteiger charge is -2.15. The number of nitrogens with one attached hydrogen (secondary N) is 2. The minimum Gasteiger partial charge on any atom is -0.351 e. The van der Waals surface area contributed by atoms with Gasteiger partial charge in [-0.1, -0.05) is 11.3 Å². The SMILES string of the molecule is O=C(Nc1nc2c(s1)C(=O)NCCC2)c1ccc(S(=O)(=O)N2CCCC2)cc1. The lowest BCUT2D eigenvalue weighted by atomic mass is 10.2. The van der Waals surface area contributed by atoms with Gasteiger partial charge in [0, 0.05) is 25.2 Å². The Bertz CT molecular complexity index is 1010. The molecule has 0 atom stereocenters. The van der Waals surface area contributed by atoms with Crippen molar-refractivity contribution in [2.75, 3.05) is 25.0 Å². The van der Waals surface area contributed by atoms with Crippen molar-refractivity contribution in [2.45, 2.75) is 30.6 Å². The number of nitrogens with zero attached hydrogens (tertiary/aromatic N) is 2. The maximum absolute atomic E-state index is 12.6. The second kappa shape index (κ2) is 7.61. The molecule has 1 fully saturated rings. The maximum Gasteiger partial charge on any atom is 0.263 e. The summed E-state index contributed by atoms with van der Waals surface area (Å²) in [7, 11) is -3.50. The minimum atomic E-state index is -3.50. The van der Waals surface area contributed by atoms with Gasteiger partial charge in [-0.25, -0.2) is 13.4 Å². The van der Waals surface area contributed by atoms with Crippen LogP contribution in [0.25, 0.3) is 0 Å². The van der Waals surface area contributed by atoms with Gasteiger partial charge >= 0.3 is 0 Å². The molecule has 0 unspecified atom stereocenters. The van der Waals surface area contributed by atoms with Crippen molar-refractivity contribution in [3.63, 3.8) is 0 Å². The fourth-order valence-electron chi connectivity index (χ4n) is 3.32. The molecule has 2 N–H and O–H groups in total. The molecular weight excluding hydrogens is 400 g/mol. The van der Waals surface area contributed by atoms with E-state index in [1.165, 1.54) is 28.6 Å². The summed E-state index contributed by atoms with van der Waals surface area (Å²) in [5, 5.41) is 5.86. The summed E-state index contributed by atoms with van der Waals surface area (Å²) in [4.78, 5) is 29.6. The quantitative estimate of drug-likeness (QED) is 0.785. The number of thiazole rings is 1. The largest absolute Gasteiger partial charge is 0.351 e. The summed E-state index contributed by atoms with van der Waals surface area (Å²) in [6, 6.07) is 5.88. The molecule has 0 saturated carbocycles. The zero-order chi connectivity index (χ0) is 19.7. The summed E-state index contributed by atoms with van der Waals surface area (Å²) in [5.41, 5.74) is 1.03. The van der Waals surface area contributed by atoms with E-state index in [-0.39, 0.29) is 10.8 Å². The number of hydrogen-bond acceptors (Lipinski definition) is 6. The Morgan fingerprint density at radius 3 is 2.57 bits per heavy atom. The topological polar surface area (TPSA) is 108 Å². The summed E-state index contributed by atoms with van der Waals surface area (Å²) in [6.45, 7) is 1.69. The minimum absolute atomic E-state index is 0.165. The zero-order valence-corrected chi connectivity index (χ0v) is 16.7. The Morgan fingerprint density at radius 2 is 1.86 bits per heavy atom. The van der Waals surface area contributed by atoms with Crippen LogP contribution in [0.1, 0.15) is 45.0 Å². The third kappa shape index (κ3) is 3.67. The maximum atomic E-state index is 12.6. The van der Waals surface area contributed by atoms with Crippen LogP contribution in [0.2, 0.25) is 0 Å². The number of aryl methyl sites for hydroxylation is 1. The van der Waals surface area contributed by atoms with Crippen molar-refractivity contribution in [3.05, 3.63) is 40.4 Å². The van der Waals surface area contributed by atoms with E-state index in [1.54, 1.807) is 0 Å². The molecule has 8 nitrogen and oxygen atoms in total. The van der Waals surface area contributed by atoms with Gasteiger partial charge < -0.3 is 5.32 Å². The number of sulfonamides is 1. The Morgan fingerprint density at radius 1 is 1.14 bits per heavy atom. The zero-order valence-electron chi connectivity index (χ0n) is 15.1. The van der Waals surface area contributed by atoms with Gasteiger partial charge in [-0.2, -0.15) is 4.31 Å². The van der Waals surface area contributed by atoms with E-state index in [1.807, 2.05) is 0 Å². The summed E-state index contributed by atoms with van der Waals surface area (Å²) < 4.78 is 26.6. The van der Waals surface area contributed by atoms with Crippen LogP contribution in [-0.4, -0.2) is 49.2 Å². The molecule has 1 aromatic heterocycles. The van der Waals surface area contributed by atoms with Gasteiger partial charge in [0.1, 0.15) is 4.88 Å². The number of amides is 2. The van der Waals surface area contributed by atoms with Crippen molar-refractivity contribution < 1.29 is 18.0 Å². The number of fused-ring (bicyclic) bond motifs is 1. The van der Waals surface area contributed by atoms with Crippen LogP contribution < -0.4 is 10.6 Å². The summed E-state index contributed by atoms with van der Waals surface area (Å²) in [6.07, 6.45) is 3.23. The molecule has 28 heavy (non-hydrogen) atoms. The normalized spacial score (nSPS) is 17.6. The molecule has 2 aromatic rings. The van der Waals surface area contributed by atoms with E-state index in [0.717, 1.165) is 30.6 Å². The van der Waals surface area contributed by atoms with Crippen LogP contribution in [0.3, 0.4) is 0 Å². The van der Waals surface area contributed by atoms with Gasteiger partial charge in [0.15, 0.2) is 5.13 Å². The first kappa shape index (κ1) is 19.0. The van der Waals surface area contributed by atoms with Crippen molar-refractivity contribution in [3.8, 4) is 0 Å². The monoisotopic (exact) mass is 420 g/mol. The van der Waals surface area contributed by atoms with E-state index in [9.17, 15) is 18.0 Å². The molecule has 1 aromatic carbocycles. The highest BCUT2D eigenvalue weighted by Gasteiger charge is 2.27. The van der Waals surface area contributed by atoms with Gasteiger partial charge in [0.25, 0.3) is 11.8 Å². The van der Waals surface area contributed by atoms with Crippen LogP contribution in [0.4, 0.5) is 5.13 Å². The second-order valence-corrected chi connectivity index (χ2v) is 9.68. The first-order chi connectivity index (χ1) is 13.4. The lowest BCUT2D eigenvalue weighted by molar-refractivity contribution is 0.0958. The van der Waals surface area contributed by atoms with Gasteiger partial charge in [-0.3, -0.25) is 14.9 Å². The predicted octanol–water partition coefficient (Wildman–Crippen LogP) is 1.86. The number of carbonyl (C=O) groups excluding carboxylic acids is 2. The van der Waals surface area contributed by atoms with Crippen LogP contribution >= 0.6 is 11.3 Å². The molecule has 1 saturated heterocycles. The van der Waals surface area contributed by atoms with E-state index >= 15 is 0 Å². The molecule has 4 rings (SSSR count). The Hall–Kier alpha value is -2.30. The Balaban J connectivity index is 1.48. The molecule has 0 aliphatic carbocycles. The molecular formula is C18H20N4O4S2. The molecule has 0 bridgehead atoms. The van der Waals surface area contributed by atoms with Crippen LogP contribution in [0, 0.1) is 0 Å². The Labute approximate surface area is 167 Å². The first-order valence-corrected chi connectivity index (χ1v) is 11.4. The highest BCUT2D eigenvalue weighted by atomic mass is 32.2. The van der Waals surface area contributed by atoms with Gasteiger partial charge in [-0.15, -0.1) is 0 Å². The summed E-state index contributed by atoms with van der Waals surface area (Å²) in [5.74, 6) is -0.559. The Kier molecular flexibility index (Phi) is 5.17. The molecule has 2 aliphatic heterocycles. The molecule has 148 valence electrons. The van der Waals surface area contributed by atoms with Gasteiger partial charge in [0.05, 0.1) is 10.6 Å². The van der Waals surface area contributed by atoms with Crippen molar-refractivity contribution in [2.24, 2.45) is 0 Å². The highest BCUT2D eigenvalue weighted by molar-refractivity contribution is 7.89. The van der Waals surface area contributed by atoms with Crippen LogP contribution in [0.5, 0.6) is 0 Å². The molecule has 0 radical (unpaired) electrons. The number of carbonyl (C=O) groups is 2. The van der Waals surface area contributed by atoms with Crippen molar-refractivity contribution in [1.29, 1.82) is 0 Å². The molecule has 3 heterocycles. The summed E-state index contributed by atoms with van der Waals surface area (Å²) >= 11 is 1.15.